The molecule has 4 nitrogen and oxygen atoms in total. The zero-order chi connectivity index (χ0) is 14.8. The summed E-state index contributed by atoms with van der Waals surface area (Å²) in [6.07, 6.45) is -1.61. The van der Waals surface area contributed by atoms with Gasteiger partial charge in [0.05, 0.1) is 5.56 Å². The first-order chi connectivity index (χ1) is 9.36. The Kier molecular flexibility index (Phi) is 4.15. The average molecular weight is 288 g/mol. The van der Waals surface area contributed by atoms with Crippen molar-refractivity contribution in [1.29, 1.82) is 0 Å². The van der Waals surface area contributed by atoms with E-state index >= 15 is 0 Å². The van der Waals surface area contributed by atoms with Gasteiger partial charge in [-0.1, -0.05) is 6.42 Å². The maximum atomic E-state index is 12.4. The van der Waals surface area contributed by atoms with Crippen LogP contribution in [0.1, 0.15) is 30.5 Å². The Balaban J connectivity index is 2.01. The van der Waals surface area contributed by atoms with Crippen LogP contribution in [0.3, 0.4) is 0 Å². The number of amides is 1. The molecule has 110 valence electrons. The van der Waals surface area contributed by atoms with Gasteiger partial charge in [0, 0.05) is 17.9 Å². The molecule has 1 aromatic rings. The number of pyridine rings is 1. The van der Waals surface area contributed by atoms with Gasteiger partial charge in [0.2, 0.25) is 0 Å². The van der Waals surface area contributed by atoms with Crippen LogP contribution in [0.4, 0.5) is 18.0 Å². The van der Waals surface area contributed by atoms with Crippen molar-refractivity contribution in [3.05, 3.63) is 29.6 Å². The quantitative estimate of drug-likeness (QED) is 0.898. The topological polar surface area (TPSA) is 62.2 Å². The molecule has 0 spiro atoms. The van der Waals surface area contributed by atoms with E-state index in [0.717, 1.165) is 31.5 Å². The maximum Gasteiger partial charge on any atom is 0.417 e. The Bertz CT molecular complexity index is 473. The molecule has 2 rings (SSSR count). The van der Waals surface area contributed by atoms with Crippen molar-refractivity contribution < 1.29 is 23.1 Å². The van der Waals surface area contributed by atoms with Gasteiger partial charge >= 0.3 is 12.3 Å². The largest absolute Gasteiger partial charge is 0.465 e. The SMILES string of the molecule is O=C(O)NC1CCCC1Cc1ccc(C(F)(F)F)cn1. The van der Waals surface area contributed by atoms with Crippen molar-refractivity contribution in [1.82, 2.24) is 10.3 Å². The molecule has 0 aromatic carbocycles. The number of alkyl halides is 3. The molecule has 0 radical (unpaired) electrons. The van der Waals surface area contributed by atoms with Gasteiger partial charge in [0.25, 0.3) is 0 Å². The van der Waals surface area contributed by atoms with Crippen molar-refractivity contribution >= 4 is 6.09 Å². The second kappa shape index (κ2) is 5.68. The standard InChI is InChI=1S/C13H15F3N2O2/c14-13(15,16)9-4-5-10(17-7-9)6-8-2-1-3-11(8)18-12(19)20/h4-5,7-8,11,18H,1-3,6H2,(H,19,20). The number of halogens is 3. The van der Waals surface area contributed by atoms with E-state index < -0.39 is 17.8 Å². The molecule has 1 aliphatic rings. The highest BCUT2D eigenvalue weighted by atomic mass is 19.4. The van der Waals surface area contributed by atoms with Crippen LogP contribution in [0.15, 0.2) is 18.3 Å². The van der Waals surface area contributed by atoms with Gasteiger partial charge in [-0.25, -0.2) is 4.79 Å². The van der Waals surface area contributed by atoms with Gasteiger partial charge < -0.3 is 10.4 Å². The Hall–Kier alpha value is -1.79. The Labute approximate surface area is 114 Å². The van der Waals surface area contributed by atoms with Crippen molar-refractivity contribution in [2.75, 3.05) is 0 Å². The fraction of sp³-hybridized carbons (Fsp3) is 0.538. The van der Waals surface area contributed by atoms with Crippen LogP contribution in [-0.4, -0.2) is 22.2 Å². The van der Waals surface area contributed by atoms with Crippen LogP contribution in [0.5, 0.6) is 0 Å². The summed E-state index contributed by atoms with van der Waals surface area (Å²) in [4.78, 5) is 14.5. The van der Waals surface area contributed by atoms with E-state index in [0.29, 0.717) is 12.1 Å². The molecule has 1 heterocycles. The Morgan fingerprint density at radius 3 is 2.70 bits per heavy atom. The van der Waals surface area contributed by atoms with Crippen molar-refractivity contribution in [3.8, 4) is 0 Å². The van der Waals surface area contributed by atoms with Crippen LogP contribution in [0, 0.1) is 5.92 Å². The average Bonchev–Trinajstić information content (AvgIpc) is 2.75. The highest BCUT2D eigenvalue weighted by molar-refractivity contribution is 5.64. The lowest BCUT2D eigenvalue weighted by molar-refractivity contribution is -0.137. The number of carboxylic acid groups (broad SMARTS) is 1. The fourth-order valence-electron chi connectivity index (χ4n) is 2.61. The van der Waals surface area contributed by atoms with Crippen LogP contribution in [-0.2, 0) is 12.6 Å². The normalized spacial score (nSPS) is 22.8. The van der Waals surface area contributed by atoms with Gasteiger partial charge in [-0.3, -0.25) is 4.98 Å². The first kappa shape index (κ1) is 14.6. The summed E-state index contributed by atoms with van der Waals surface area (Å²) in [6.45, 7) is 0. The highest BCUT2D eigenvalue weighted by Gasteiger charge is 2.32. The fourth-order valence-corrected chi connectivity index (χ4v) is 2.61. The molecule has 1 aromatic heterocycles. The second-order valence-electron chi connectivity index (χ2n) is 4.99. The molecule has 0 aliphatic heterocycles. The Morgan fingerprint density at radius 2 is 2.15 bits per heavy atom. The molecule has 2 atom stereocenters. The van der Waals surface area contributed by atoms with Crippen LogP contribution >= 0.6 is 0 Å². The zero-order valence-corrected chi connectivity index (χ0v) is 10.7. The molecule has 2 unspecified atom stereocenters. The number of hydrogen-bond donors (Lipinski definition) is 2. The van der Waals surface area contributed by atoms with Crippen molar-refractivity contribution in [3.63, 3.8) is 0 Å². The second-order valence-corrected chi connectivity index (χ2v) is 4.99. The predicted octanol–water partition coefficient (Wildman–Crippen LogP) is 3.08. The van der Waals surface area contributed by atoms with Crippen molar-refractivity contribution in [2.45, 2.75) is 37.9 Å². The summed E-state index contributed by atoms with van der Waals surface area (Å²) in [5.74, 6) is 0.0929. The van der Waals surface area contributed by atoms with E-state index in [1.54, 1.807) is 0 Å². The van der Waals surface area contributed by atoms with Gasteiger partial charge in [-0.2, -0.15) is 13.2 Å². The first-order valence-corrected chi connectivity index (χ1v) is 6.38. The summed E-state index contributed by atoms with van der Waals surface area (Å²) in [7, 11) is 0. The lowest BCUT2D eigenvalue weighted by Crippen LogP contribution is -2.37. The van der Waals surface area contributed by atoms with E-state index in [2.05, 4.69) is 10.3 Å². The molecular weight excluding hydrogens is 273 g/mol. The third kappa shape index (κ3) is 3.61. The lowest BCUT2D eigenvalue weighted by Gasteiger charge is -2.19. The number of nitrogens with one attached hydrogen (secondary N) is 1. The molecule has 2 N–H and O–H groups in total. The molecule has 20 heavy (non-hydrogen) atoms. The molecule has 1 fully saturated rings. The predicted molar refractivity (Wildman–Crippen MR) is 65.2 cm³/mol. The highest BCUT2D eigenvalue weighted by Crippen LogP contribution is 2.30. The lowest BCUT2D eigenvalue weighted by atomic mass is 9.97. The number of rotatable bonds is 3. The Morgan fingerprint density at radius 1 is 1.40 bits per heavy atom. The first-order valence-electron chi connectivity index (χ1n) is 6.38. The smallest absolute Gasteiger partial charge is 0.417 e. The third-order valence-corrected chi connectivity index (χ3v) is 3.59. The van der Waals surface area contributed by atoms with Gasteiger partial charge in [0.15, 0.2) is 0 Å². The number of carbonyl (C=O) groups is 1. The van der Waals surface area contributed by atoms with E-state index in [1.165, 1.54) is 6.07 Å². The zero-order valence-electron chi connectivity index (χ0n) is 10.7. The number of hydrogen-bond acceptors (Lipinski definition) is 2. The van der Waals surface area contributed by atoms with E-state index in [4.69, 9.17) is 5.11 Å². The minimum atomic E-state index is -4.38. The number of nitrogens with zero attached hydrogens (tertiary/aromatic N) is 1. The van der Waals surface area contributed by atoms with E-state index in [9.17, 15) is 18.0 Å². The summed E-state index contributed by atoms with van der Waals surface area (Å²) in [5.41, 5.74) is -0.213. The van der Waals surface area contributed by atoms with Gasteiger partial charge in [-0.05, 0) is 37.3 Å². The summed E-state index contributed by atoms with van der Waals surface area (Å²) in [5, 5.41) is 11.2. The number of aromatic nitrogens is 1. The van der Waals surface area contributed by atoms with Gasteiger partial charge in [0.1, 0.15) is 0 Å². The molecular formula is C13H15F3N2O2. The van der Waals surface area contributed by atoms with Gasteiger partial charge in [-0.15, -0.1) is 0 Å². The summed E-state index contributed by atoms with van der Waals surface area (Å²) in [6, 6.07) is 2.23. The third-order valence-electron chi connectivity index (χ3n) is 3.59. The van der Waals surface area contributed by atoms with Crippen LogP contribution in [0.2, 0.25) is 0 Å². The minimum absolute atomic E-state index is 0.0929. The monoisotopic (exact) mass is 288 g/mol. The van der Waals surface area contributed by atoms with Crippen LogP contribution in [0.25, 0.3) is 0 Å². The van der Waals surface area contributed by atoms with E-state index in [1.807, 2.05) is 0 Å². The summed E-state index contributed by atoms with van der Waals surface area (Å²) >= 11 is 0. The van der Waals surface area contributed by atoms with Crippen LogP contribution < -0.4 is 5.32 Å². The molecule has 1 amide bonds. The molecule has 7 heteroatoms. The molecule has 0 bridgehead atoms. The molecule has 1 saturated carbocycles. The minimum Gasteiger partial charge on any atom is -0.465 e. The molecule has 0 saturated heterocycles. The summed E-state index contributed by atoms with van der Waals surface area (Å²) < 4.78 is 37.2. The van der Waals surface area contributed by atoms with E-state index in [-0.39, 0.29) is 12.0 Å². The van der Waals surface area contributed by atoms with Crippen molar-refractivity contribution in [2.24, 2.45) is 5.92 Å². The molecule has 1 aliphatic carbocycles. The maximum absolute atomic E-state index is 12.4.